The molecule has 4 nitrogen and oxygen atoms in total. The third-order valence-electron chi connectivity index (χ3n) is 3.29. The summed E-state index contributed by atoms with van der Waals surface area (Å²) in [6.45, 7) is 0.902. The summed E-state index contributed by atoms with van der Waals surface area (Å²) in [6.07, 6.45) is 0.284. The molecule has 0 aromatic heterocycles. The van der Waals surface area contributed by atoms with Gasteiger partial charge in [0, 0.05) is 26.1 Å². The number of nitrogens with two attached hydrogens (primary N) is 1. The van der Waals surface area contributed by atoms with Crippen molar-refractivity contribution in [1.29, 1.82) is 0 Å². The van der Waals surface area contributed by atoms with E-state index in [0.29, 0.717) is 17.6 Å². The molecule has 1 fully saturated rings. The van der Waals surface area contributed by atoms with Crippen LogP contribution in [0.3, 0.4) is 0 Å². The van der Waals surface area contributed by atoms with E-state index >= 15 is 0 Å². The van der Waals surface area contributed by atoms with Crippen LogP contribution in [0.1, 0.15) is 18.0 Å². The van der Waals surface area contributed by atoms with Crippen LogP contribution >= 0.6 is 15.9 Å². The molecule has 6 heteroatoms. The second-order valence-electron chi connectivity index (χ2n) is 4.57. The summed E-state index contributed by atoms with van der Waals surface area (Å²) >= 11 is 3.12. The van der Waals surface area contributed by atoms with Gasteiger partial charge in [0.2, 0.25) is 5.91 Å². The molecule has 0 saturated carbocycles. The number of hydrogen-bond acceptors (Lipinski definition) is 3. The quantitative estimate of drug-likeness (QED) is 0.916. The predicted octanol–water partition coefficient (Wildman–Crippen LogP) is 1.84. The number of amides is 1. The Balaban J connectivity index is 2.28. The molecule has 0 bridgehead atoms. The van der Waals surface area contributed by atoms with Crippen molar-refractivity contribution in [2.45, 2.75) is 18.5 Å². The number of methoxy groups -OCH3 is 1. The van der Waals surface area contributed by atoms with Crippen LogP contribution in [0.2, 0.25) is 0 Å². The topological polar surface area (TPSA) is 55.6 Å². The Bertz CT molecular complexity index is 484. The summed E-state index contributed by atoms with van der Waals surface area (Å²) in [6, 6.07) is 4.24. The van der Waals surface area contributed by atoms with Crippen LogP contribution in [0.15, 0.2) is 22.7 Å². The number of nitrogens with zero attached hydrogens (tertiary/aromatic N) is 1. The van der Waals surface area contributed by atoms with Gasteiger partial charge in [-0.05, 0) is 33.6 Å². The zero-order chi connectivity index (χ0) is 14.0. The molecule has 19 heavy (non-hydrogen) atoms. The molecule has 1 aliphatic rings. The molecule has 2 unspecified atom stereocenters. The molecule has 1 heterocycles. The molecule has 1 amide bonds. The fourth-order valence-corrected chi connectivity index (χ4v) is 2.64. The van der Waals surface area contributed by atoms with Gasteiger partial charge in [0.25, 0.3) is 0 Å². The van der Waals surface area contributed by atoms with Gasteiger partial charge in [0.15, 0.2) is 0 Å². The molecule has 2 atom stereocenters. The van der Waals surface area contributed by atoms with Crippen molar-refractivity contribution in [3.8, 4) is 0 Å². The Labute approximate surface area is 119 Å². The van der Waals surface area contributed by atoms with E-state index in [1.807, 2.05) is 0 Å². The van der Waals surface area contributed by atoms with Gasteiger partial charge in [-0.3, -0.25) is 4.79 Å². The first kappa shape index (κ1) is 14.4. The monoisotopic (exact) mass is 330 g/mol. The lowest BCUT2D eigenvalue weighted by Crippen LogP contribution is -2.35. The molecule has 0 spiro atoms. The van der Waals surface area contributed by atoms with Crippen molar-refractivity contribution in [2.24, 2.45) is 5.73 Å². The molecule has 0 aliphatic carbocycles. The highest BCUT2D eigenvalue weighted by Gasteiger charge is 2.38. The third-order valence-corrected chi connectivity index (χ3v) is 3.94. The second kappa shape index (κ2) is 5.98. The molecule has 0 radical (unpaired) electrons. The number of benzene rings is 1. The minimum atomic E-state index is -0.351. The Morgan fingerprint density at radius 3 is 2.95 bits per heavy atom. The van der Waals surface area contributed by atoms with Gasteiger partial charge in [-0.2, -0.15) is 0 Å². The van der Waals surface area contributed by atoms with Crippen molar-refractivity contribution < 1.29 is 13.9 Å². The minimum absolute atomic E-state index is 0.0159. The Morgan fingerprint density at radius 1 is 1.58 bits per heavy atom. The van der Waals surface area contributed by atoms with Crippen molar-refractivity contribution in [1.82, 2.24) is 4.90 Å². The van der Waals surface area contributed by atoms with Gasteiger partial charge in [0.1, 0.15) is 5.82 Å². The van der Waals surface area contributed by atoms with Crippen LogP contribution in [0.4, 0.5) is 4.39 Å². The van der Waals surface area contributed by atoms with Crippen molar-refractivity contribution in [2.75, 3.05) is 20.3 Å². The van der Waals surface area contributed by atoms with E-state index in [1.165, 1.54) is 6.07 Å². The van der Waals surface area contributed by atoms with E-state index < -0.39 is 0 Å². The van der Waals surface area contributed by atoms with Gasteiger partial charge >= 0.3 is 0 Å². The molecular weight excluding hydrogens is 315 g/mol. The maximum Gasteiger partial charge on any atom is 0.224 e. The standard InChI is InChI=1S/C13H16BrFN2O2/c1-19-5-4-17-12(18)7-11(16)13(17)8-2-3-9(14)10(15)6-8/h2-3,6,11,13H,4-5,7,16H2,1H3. The number of likely N-dealkylation sites (tertiary alicyclic amines) is 1. The predicted molar refractivity (Wildman–Crippen MR) is 73.0 cm³/mol. The van der Waals surface area contributed by atoms with Crippen LogP contribution in [0.5, 0.6) is 0 Å². The van der Waals surface area contributed by atoms with E-state index in [2.05, 4.69) is 15.9 Å². The second-order valence-corrected chi connectivity index (χ2v) is 5.42. The fraction of sp³-hybridized carbons (Fsp3) is 0.462. The lowest BCUT2D eigenvalue weighted by molar-refractivity contribution is -0.129. The zero-order valence-electron chi connectivity index (χ0n) is 10.6. The van der Waals surface area contributed by atoms with Crippen molar-refractivity contribution in [3.63, 3.8) is 0 Å². The summed E-state index contributed by atoms with van der Waals surface area (Å²) in [7, 11) is 1.58. The molecule has 104 valence electrons. The summed E-state index contributed by atoms with van der Waals surface area (Å²) < 4.78 is 19.0. The average molecular weight is 331 g/mol. The van der Waals surface area contributed by atoms with Gasteiger partial charge in [0.05, 0.1) is 17.1 Å². The average Bonchev–Trinajstić information content (AvgIpc) is 2.65. The minimum Gasteiger partial charge on any atom is -0.383 e. The number of ether oxygens (including phenoxy) is 1. The Morgan fingerprint density at radius 2 is 2.32 bits per heavy atom. The van der Waals surface area contributed by atoms with Gasteiger partial charge in [-0.1, -0.05) is 6.07 Å². The first-order valence-corrected chi connectivity index (χ1v) is 6.83. The molecule has 1 aromatic carbocycles. The lowest BCUT2D eigenvalue weighted by atomic mass is 10.0. The number of rotatable bonds is 4. The number of hydrogen-bond donors (Lipinski definition) is 1. The highest BCUT2D eigenvalue weighted by Crippen LogP contribution is 2.33. The maximum absolute atomic E-state index is 13.6. The van der Waals surface area contributed by atoms with E-state index in [9.17, 15) is 9.18 Å². The summed E-state index contributed by atoms with van der Waals surface area (Å²) in [5, 5.41) is 0. The van der Waals surface area contributed by atoms with Gasteiger partial charge < -0.3 is 15.4 Å². The third kappa shape index (κ3) is 2.96. The van der Waals surface area contributed by atoms with Crippen LogP contribution in [0, 0.1) is 5.82 Å². The van der Waals surface area contributed by atoms with Gasteiger partial charge in [-0.25, -0.2) is 4.39 Å². The highest BCUT2D eigenvalue weighted by atomic mass is 79.9. The van der Waals surface area contributed by atoms with Crippen molar-refractivity contribution >= 4 is 21.8 Å². The molecule has 1 saturated heterocycles. The zero-order valence-corrected chi connectivity index (χ0v) is 12.2. The Kier molecular flexibility index (Phi) is 4.54. The largest absolute Gasteiger partial charge is 0.383 e. The molecule has 2 rings (SSSR count). The van der Waals surface area contributed by atoms with Gasteiger partial charge in [-0.15, -0.1) is 0 Å². The van der Waals surface area contributed by atoms with E-state index in [0.717, 1.165) is 5.56 Å². The van der Waals surface area contributed by atoms with E-state index in [-0.39, 0.29) is 30.2 Å². The molecule has 1 aromatic rings. The molecule has 2 N–H and O–H groups in total. The summed E-state index contributed by atoms with van der Waals surface area (Å²) in [5.74, 6) is -0.367. The Hall–Kier alpha value is -0.980. The number of carbonyl (C=O) groups excluding carboxylic acids is 1. The number of carbonyl (C=O) groups is 1. The van der Waals surface area contributed by atoms with Crippen LogP contribution < -0.4 is 5.73 Å². The van der Waals surface area contributed by atoms with Crippen molar-refractivity contribution in [3.05, 3.63) is 34.1 Å². The lowest BCUT2D eigenvalue weighted by Gasteiger charge is -2.27. The number of halogens is 2. The summed E-state index contributed by atoms with van der Waals surface area (Å²) in [5.41, 5.74) is 6.73. The first-order chi connectivity index (χ1) is 9.04. The van der Waals surface area contributed by atoms with E-state index in [1.54, 1.807) is 24.1 Å². The summed E-state index contributed by atoms with van der Waals surface area (Å²) in [4.78, 5) is 13.6. The van der Waals surface area contributed by atoms with Crippen LogP contribution in [0.25, 0.3) is 0 Å². The fourth-order valence-electron chi connectivity index (χ4n) is 2.39. The molecule has 1 aliphatic heterocycles. The SMILES string of the molecule is COCCN1C(=O)CC(N)C1c1ccc(Br)c(F)c1. The normalized spacial score (nSPS) is 23.2. The van der Waals surface area contributed by atoms with Crippen LogP contribution in [-0.2, 0) is 9.53 Å². The molecular formula is C13H16BrFN2O2. The highest BCUT2D eigenvalue weighted by molar-refractivity contribution is 9.10. The van der Waals surface area contributed by atoms with Crippen LogP contribution in [-0.4, -0.2) is 37.1 Å². The van der Waals surface area contributed by atoms with E-state index in [4.69, 9.17) is 10.5 Å². The smallest absolute Gasteiger partial charge is 0.224 e. The maximum atomic E-state index is 13.6. The first-order valence-electron chi connectivity index (χ1n) is 6.03.